The van der Waals surface area contributed by atoms with Crippen molar-refractivity contribution in [1.82, 2.24) is 0 Å². The highest BCUT2D eigenvalue weighted by atomic mass is 16.6. The summed E-state index contributed by atoms with van der Waals surface area (Å²) in [5.74, 6) is -8.35. The average molecular weight is 670 g/mol. The molecule has 3 aliphatic rings. The monoisotopic (exact) mass is 669 g/mol. The van der Waals surface area contributed by atoms with Crippen molar-refractivity contribution in [3.05, 3.63) is 104 Å². The highest BCUT2D eigenvalue weighted by molar-refractivity contribution is 6.30. The van der Waals surface area contributed by atoms with E-state index in [1.807, 2.05) is 0 Å². The lowest BCUT2D eigenvalue weighted by Gasteiger charge is -2.53. The second-order valence-corrected chi connectivity index (χ2v) is 11.6. The van der Waals surface area contributed by atoms with Gasteiger partial charge < -0.3 is 40.4 Å². The molecular formula is C35H27NO13. The van der Waals surface area contributed by atoms with Crippen molar-refractivity contribution in [2.24, 2.45) is 5.73 Å². The highest BCUT2D eigenvalue weighted by Crippen LogP contribution is 2.55. The number of carbonyl (C=O) groups is 6. The fraction of sp³-hybridized carbons (Fsp3) is 0.200. The zero-order valence-electron chi connectivity index (χ0n) is 25.6. The summed E-state index contributed by atoms with van der Waals surface area (Å²) in [6, 6.07) is 10.6. The number of phenols is 1. The normalized spacial score (nSPS) is 23.0. The molecule has 0 saturated carbocycles. The maximum absolute atomic E-state index is 14.6. The van der Waals surface area contributed by atoms with E-state index in [1.54, 1.807) is 30.3 Å². The van der Waals surface area contributed by atoms with Gasteiger partial charge in [0.05, 0.1) is 28.1 Å². The van der Waals surface area contributed by atoms with Crippen LogP contribution in [0.5, 0.6) is 11.5 Å². The van der Waals surface area contributed by atoms with E-state index in [1.165, 1.54) is 6.07 Å². The van der Waals surface area contributed by atoms with Crippen molar-refractivity contribution < 1.29 is 63.4 Å². The van der Waals surface area contributed by atoms with Crippen LogP contribution in [0.4, 0.5) is 0 Å². The van der Waals surface area contributed by atoms with E-state index in [-0.39, 0.29) is 23.7 Å². The number of fused-ring (bicyclic) bond motifs is 5. The maximum Gasteiger partial charge on any atom is 0.344 e. The van der Waals surface area contributed by atoms with E-state index in [9.17, 15) is 49.2 Å². The van der Waals surface area contributed by atoms with E-state index in [4.69, 9.17) is 19.9 Å². The Morgan fingerprint density at radius 1 is 1.08 bits per heavy atom. The number of benzene rings is 3. The fourth-order valence-corrected chi connectivity index (χ4v) is 6.80. The lowest BCUT2D eigenvalue weighted by molar-refractivity contribution is -0.181. The lowest BCUT2D eigenvalue weighted by Crippen LogP contribution is -2.73. The first kappa shape index (κ1) is 33.0. The molecule has 49 heavy (non-hydrogen) atoms. The Morgan fingerprint density at radius 3 is 2.43 bits per heavy atom. The first-order valence-electron chi connectivity index (χ1n) is 14.6. The molecule has 0 radical (unpaired) electrons. The Labute approximate surface area is 275 Å². The van der Waals surface area contributed by atoms with Crippen molar-refractivity contribution in [1.29, 1.82) is 0 Å². The van der Waals surface area contributed by atoms with Gasteiger partial charge in [-0.3, -0.25) is 24.0 Å². The molecule has 250 valence electrons. The van der Waals surface area contributed by atoms with Gasteiger partial charge in [-0.15, -0.1) is 0 Å². The van der Waals surface area contributed by atoms with Gasteiger partial charge in [-0.2, -0.15) is 0 Å². The molecular weight excluding hydrogens is 642 g/mol. The highest BCUT2D eigenvalue weighted by Gasteiger charge is 2.72. The summed E-state index contributed by atoms with van der Waals surface area (Å²) in [4.78, 5) is 79.5. The standard InChI is InChI=1S/C35H27NO13/c1-15-8-17-9-23(40)35(47-2)33(45)27-19(10-18-26(30(27)43)21(38)11-20(36)29(18)42)32(44)34(35,46)28(17)31(25(15)22(39)12-37)49-14-24(41)48-13-16-6-4-3-5-7-16/h3-8,10-12,23,39-40,43,46H,1,9,13-14,36H2,2H3. The number of esters is 1. The van der Waals surface area contributed by atoms with E-state index in [2.05, 4.69) is 6.58 Å². The minimum Gasteiger partial charge on any atom is -0.506 e. The number of hydrogen-bond acceptors (Lipinski definition) is 14. The third-order valence-corrected chi connectivity index (χ3v) is 8.97. The molecule has 6 N–H and O–H groups in total. The number of aldehydes is 1. The number of ether oxygens (including phenoxy) is 3. The van der Waals surface area contributed by atoms with Crippen molar-refractivity contribution in [3.8, 4) is 11.5 Å². The molecule has 3 aromatic carbocycles. The molecule has 0 amide bonds. The van der Waals surface area contributed by atoms with Crippen molar-refractivity contribution in [2.45, 2.75) is 30.3 Å². The Bertz CT molecular complexity index is 2190. The molecule has 0 fully saturated rings. The third-order valence-electron chi connectivity index (χ3n) is 8.97. The Morgan fingerprint density at radius 2 is 1.78 bits per heavy atom. The summed E-state index contributed by atoms with van der Waals surface area (Å²) in [6.45, 7) is 2.74. The van der Waals surface area contributed by atoms with Crippen LogP contribution in [-0.2, 0) is 37.7 Å². The SMILES string of the molecule is C=c1cc2c(c(OCC(=O)OCc3ccccc3)c1=C(O)C=O)C1(O)C(=O)c3cc4c(c(O)c3C(=O)C1(OC)C(O)C2)C(=O)C=C(N)C4=O. The molecule has 14 heteroatoms. The minimum absolute atomic E-state index is 0.0102. The summed E-state index contributed by atoms with van der Waals surface area (Å²) in [6.07, 6.45) is -1.79. The number of ketones is 4. The summed E-state index contributed by atoms with van der Waals surface area (Å²) in [5, 5.41) is 45.5. The van der Waals surface area contributed by atoms with Crippen LogP contribution in [0.1, 0.15) is 58.1 Å². The summed E-state index contributed by atoms with van der Waals surface area (Å²) in [7, 11) is 0.899. The Balaban J connectivity index is 1.59. The number of aliphatic hydroxyl groups excluding tert-OH is 2. The van der Waals surface area contributed by atoms with E-state index in [0.29, 0.717) is 5.56 Å². The van der Waals surface area contributed by atoms with Crippen LogP contribution in [0.15, 0.2) is 54.2 Å². The van der Waals surface area contributed by atoms with E-state index >= 15 is 0 Å². The van der Waals surface area contributed by atoms with Gasteiger partial charge in [0.2, 0.25) is 17.3 Å². The van der Waals surface area contributed by atoms with Crippen LogP contribution in [0, 0.1) is 0 Å². The number of phenolic OH excluding ortho intramolecular Hbond substituents is 1. The molecule has 3 atom stereocenters. The first-order chi connectivity index (χ1) is 23.2. The van der Waals surface area contributed by atoms with Gasteiger partial charge >= 0.3 is 5.97 Å². The van der Waals surface area contributed by atoms with E-state index in [0.717, 1.165) is 19.3 Å². The van der Waals surface area contributed by atoms with Crippen LogP contribution in [0.3, 0.4) is 0 Å². The van der Waals surface area contributed by atoms with Crippen molar-refractivity contribution in [2.75, 3.05) is 13.7 Å². The minimum atomic E-state index is -3.28. The molecule has 14 nitrogen and oxygen atoms in total. The molecule has 0 aliphatic heterocycles. The second-order valence-electron chi connectivity index (χ2n) is 11.6. The molecule has 0 heterocycles. The van der Waals surface area contributed by atoms with Crippen LogP contribution < -0.4 is 20.9 Å². The van der Waals surface area contributed by atoms with Gasteiger partial charge in [-0.1, -0.05) is 43.0 Å². The van der Waals surface area contributed by atoms with Gasteiger partial charge in [-0.05, 0) is 22.4 Å². The van der Waals surface area contributed by atoms with Gasteiger partial charge in [0, 0.05) is 36.3 Å². The van der Waals surface area contributed by atoms with Gasteiger partial charge in [0.15, 0.2) is 35.6 Å². The summed E-state index contributed by atoms with van der Waals surface area (Å²) in [5.41, 5.74) is -3.82. The number of aromatic hydroxyl groups is 1. The van der Waals surface area contributed by atoms with Gasteiger partial charge in [-0.25, -0.2) is 4.79 Å². The zero-order valence-corrected chi connectivity index (χ0v) is 25.6. The van der Waals surface area contributed by atoms with Crippen LogP contribution in [0.2, 0.25) is 0 Å². The number of Topliss-reactive ketones (excluding diaryl/α,β-unsaturated/α-hetero) is 3. The smallest absolute Gasteiger partial charge is 0.344 e. The van der Waals surface area contributed by atoms with Crippen LogP contribution in [-0.4, -0.2) is 81.2 Å². The third kappa shape index (κ3) is 4.53. The predicted octanol–water partition coefficient (Wildman–Crippen LogP) is -0.420. The number of methoxy groups -OCH3 is 1. The predicted molar refractivity (Wildman–Crippen MR) is 166 cm³/mol. The Hall–Kier alpha value is -5.96. The molecule has 0 saturated heterocycles. The lowest BCUT2D eigenvalue weighted by atomic mass is 9.56. The maximum atomic E-state index is 14.6. The molecule has 0 bridgehead atoms. The van der Waals surface area contributed by atoms with Crippen LogP contribution in [0.25, 0.3) is 12.3 Å². The van der Waals surface area contributed by atoms with Gasteiger partial charge in [0.1, 0.15) is 18.1 Å². The molecule has 3 unspecified atom stereocenters. The number of allylic oxidation sites excluding steroid dienone is 2. The number of hydrogen-bond donors (Lipinski definition) is 5. The number of rotatable bonds is 7. The Kier molecular flexibility index (Phi) is 7.82. The number of carbonyl (C=O) groups excluding carboxylic acids is 6. The molecule has 3 aliphatic carbocycles. The van der Waals surface area contributed by atoms with Gasteiger partial charge in [0.25, 0.3) is 0 Å². The molecule has 0 aromatic heterocycles. The van der Waals surface area contributed by atoms with Crippen molar-refractivity contribution in [3.63, 3.8) is 0 Å². The quantitative estimate of drug-likeness (QED) is 0.159. The molecule has 0 spiro atoms. The number of nitrogens with two attached hydrogens (primary N) is 1. The zero-order chi connectivity index (χ0) is 35.6. The van der Waals surface area contributed by atoms with Crippen molar-refractivity contribution >= 4 is 47.7 Å². The largest absolute Gasteiger partial charge is 0.506 e. The van der Waals surface area contributed by atoms with E-state index < -0.39 is 115 Å². The average Bonchev–Trinajstić information content (AvgIpc) is 3.07. The summed E-state index contributed by atoms with van der Waals surface area (Å²) >= 11 is 0. The summed E-state index contributed by atoms with van der Waals surface area (Å²) < 4.78 is 16.5. The molecule has 6 rings (SSSR count). The van der Waals surface area contributed by atoms with Crippen LogP contribution >= 0.6 is 0 Å². The number of aliphatic hydroxyl groups is 3. The molecule has 3 aromatic rings. The fourth-order valence-electron chi connectivity index (χ4n) is 6.80. The topological polar surface area (TPSA) is 237 Å². The second kappa shape index (κ2) is 11.6. The first-order valence-corrected chi connectivity index (χ1v) is 14.6.